The van der Waals surface area contributed by atoms with Gasteiger partial charge in [-0.3, -0.25) is 0 Å². The highest BCUT2D eigenvalue weighted by atomic mass is 19.2. The highest BCUT2D eigenvalue weighted by Crippen LogP contribution is 2.24. The fourth-order valence-corrected chi connectivity index (χ4v) is 1.51. The van der Waals surface area contributed by atoms with Crippen molar-refractivity contribution in [1.82, 2.24) is 4.90 Å². The maximum absolute atomic E-state index is 13.4. The molecule has 0 fully saturated rings. The van der Waals surface area contributed by atoms with Gasteiger partial charge >= 0.3 is 0 Å². The number of anilines is 2. The van der Waals surface area contributed by atoms with Crippen molar-refractivity contribution < 1.29 is 8.78 Å². The Morgan fingerprint density at radius 3 is 2.59 bits per heavy atom. The number of halogens is 2. The van der Waals surface area contributed by atoms with Crippen molar-refractivity contribution in [1.29, 1.82) is 0 Å². The van der Waals surface area contributed by atoms with Gasteiger partial charge in [0.15, 0.2) is 11.6 Å². The summed E-state index contributed by atoms with van der Waals surface area (Å²) in [5.41, 5.74) is 5.87. The molecular formula is C12H19F2N3. The largest absolute Gasteiger partial charge is 0.397 e. The van der Waals surface area contributed by atoms with Crippen LogP contribution >= 0.6 is 0 Å². The molecule has 5 heteroatoms. The summed E-state index contributed by atoms with van der Waals surface area (Å²) in [4.78, 5) is 2.08. The van der Waals surface area contributed by atoms with Crippen LogP contribution < -0.4 is 11.1 Å². The number of hydrogen-bond donors (Lipinski definition) is 2. The lowest BCUT2D eigenvalue weighted by atomic mass is 10.2. The van der Waals surface area contributed by atoms with Gasteiger partial charge in [-0.05, 0) is 45.6 Å². The zero-order chi connectivity index (χ0) is 12.8. The van der Waals surface area contributed by atoms with Crippen molar-refractivity contribution in [3.63, 3.8) is 0 Å². The van der Waals surface area contributed by atoms with Crippen molar-refractivity contribution in [2.24, 2.45) is 0 Å². The summed E-state index contributed by atoms with van der Waals surface area (Å²) >= 11 is 0. The van der Waals surface area contributed by atoms with Gasteiger partial charge in [0.05, 0.1) is 11.4 Å². The van der Waals surface area contributed by atoms with Crippen LogP contribution in [0.5, 0.6) is 0 Å². The van der Waals surface area contributed by atoms with Crippen molar-refractivity contribution in [2.45, 2.75) is 12.8 Å². The van der Waals surface area contributed by atoms with Crippen LogP contribution in [0.2, 0.25) is 0 Å². The summed E-state index contributed by atoms with van der Waals surface area (Å²) in [6, 6.07) is 2.39. The molecule has 0 aromatic heterocycles. The monoisotopic (exact) mass is 243 g/mol. The van der Waals surface area contributed by atoms with E-state index in [1.807, 2.05) is 14.1 Å². The molecule has 0 radical (unpaired) electrons. The first-order chi connectivity index (χ1) is 8.02. The van der Waals surface area contributed by atoms with E-state index >= 15 is 0 Å². The number of nitrogen functional groups attached to an aromatic ring is 1. The highest BCUT2D eigenvalue weighted by molar-refractivity contribution is 5.66. The minimum absolute atomic E-state index is 0.0647. The summed E-state index contributed by atoms with van der Waals surface area (Å²) in [6.07, 6.45) is 1.88. The van der Waals surface area contributed by atoms with E-state index in [0.717, 1.165) is 25.5 Å². The fourth-order valence-electron chi connectivity index (χ4n) is 1.51. The van der Waals surface area contributed by atoms with Gasteiger partial charge in [-0.1, -0.05) is 0 Å². The van der Waals surface area contributed by atoms with E-state index in [0.29, 0.717) is 6.54 Å². The Balaban J connectivity index is 2.44. The van der Waals surface area contributed by atoms with Gasteiger partial charge in [0, 0.05) is 6.54 Å². The lowest BCUT2D eigenvalue weighted by Gasteiger charge is -2.12. The molecule has 0 aliphatic carbocycles. The Morgan fingerprint density at radius 2 is 1.94 bits per heavy atom. The van der Waals surface area contributed by atoms with Crippen molar-refractivity contribution >= 4 is 11.4 Å². The summed E-state index contributed by atoms with van der Waals surface area (Å²) in [6.45, 7) is 1.56. The molecule has 96 valence electrons. The van der Waals surface area contributed by atoms with E-state index in [1.54, 1.807) is 0 Å². The Labute approximate surface area is 101 Å². The zero-order valence-corrected chi connectivity index (χ0v) is 10.3. The number of nitrogens with two attached hydrogens (primary N) is 1. The van der Waals surface area contributed by atoms with E-state index in [9.17, 15) is 8.78 Å². The Morgan fingerprint density at radius 1 is 1.24 bits per heavy atom. The van der Waals surface area contributed by atoms with Gasteiger partial charge in [0.25, 0.3) is 0 Å². The second-order valence-corrected chi connectivity index (χ2v) is 4.26. The molecule has 0 unspecified atom stereocenters. The average Bonchev–Trinajstić information content (AvgIpc) is 2.27. The SMILES string of the molecule is CN(C)CCCCNc1c(N)ccc(F)c1F. The molecule has 0 heterocycles. The average molecular weight is 243 g/mol. The van der Waals surface area contributed by atoms with Crippen LogP contribution in [0.25, 0.3) is 0 Å². The van der Waals surface area contributed by atoms with E-state index in [-0.39, 0.29) is 11.4 Å². The quantitative estimate of drug-likeness (QED) is 0.595. The molecular weight excluding hydrogens is 224 g/mol. The standard InChI is InChI=1S/C12H19F2N3/c1-17(2)8-4-3-7-16-12-10(15)6-5-9(13)11(12)14/h5-6,16H,3-4,7-8,15H2,1-2H3. The third kappa shape index (κ3) is 4.19. The van der Waals surface area contributed by atoms with Crippen LogP contribution in [-0.2, 0) is 0 Å². The molecule has 0 atom stereocenters. The van der Waals surface area contributed by atoms with Gasteiger partial charge in [0.1, 0.15) is 0 Å². The second-order valence-electron chi connectivity index (χ2n) is 4.26. The third-order valence-corrected chi connectivity index (χ3v) is 2.46. The first kappa shape index (κ1) is 13.7. The molecule has 1 rings (SSSR count). The minimum Gasteiger partial charge on any atom is -0.397 e. The number of unbranched alkanes of at least 4 members (excludes halogenated alkanes) is 1. The van der Waals surface area contributed by atoms with Crippen molar-refractivity contribution in [2.75, 3.05) is 38.2 Å². The Hall–Kier alpha value is -1.36. The zero-order valence-electron chi connectivity index (χ0n) is 10.3. The molecule has 3 N–H and O–H groups in total. The van der Waals surface area contributed by atoms with Gasteiger partial charge in [-0.25, -0.2) is 8.78 Å². The lowest BCUT2D eigenvalue weighted by Crippen LogP contribution is -2.14. The van der Waals surface area contributed by atoms with E-state index in [1.165, 1.54) is 6.07 Å². The molecule has 0 aliphatic rings. The minimum atomic E-state index is -0.905. The number of nitrogens with zero attached hydrogens (tertiary/aromatic N) is 1. The molecule has 0 saturated carbocycles. The van der Waals surface area contributed by atoms with Crippen molar-refractivity contribution in [3.05, 3.63) is 23.8 Å². The van der Waals surface area contributed by atoms with E-state index in [2.05, 4.69) is 10.2 Å². The van der Waals surface area contributed by atoms with E-state index < -0.39 is 11.6 Å². The van der Waals surface area contributed by atoms with E-state index in [4.69, 9.17) is 5.73 Å². The van der Waals surface area contributed by atoms with Gasteiger partial charge in [-0.2, -0.15) is 0 Å². The van der Waals surface area contributed by atoms with Crippen LogP contribution in [0.15, 0.2) is 12.1 Å². The molecule has 0 saturated heterocycles. The molecule has 17 heavy (non-hydrogen) atoms. The predicted molar refractivity (Wildman–Crippen MR) is 67.0 cm³/mol. The summed E-state index contributed by atoms with van der Waals surface area (Å²) in [5.74, 6) is -1.78. The third-order valence-electron chi connectivity index (χ3n) is 2.46. The first-order valence-corrected chi connectivity index (χ1v) is 5.64. The number of benzene rings is 1. The van der Waals surface area contributed by atoms with Crippen LogP contribution in [0.1, 0.15) is 12.8 Å². The van der Waals surface area contributed by atoms with Crippen LogP contribution in [0.3, 0.4) is 0 Å². The predicted octanol–water partition coefficient (Wildman–Crippen LogP) is 2.30. The fraction of sp³-hybridized carbons (Fsp3) is 0.500. The molecule has 3 nitrogen and oxygen atoms in total. The smallest absolute Gasteiger partial charge is 0.183 e. The maximum Gasteiger partial charge on any atom is 0.183 e. The van der Waals surface area contributed by atoms with Crippen molar-refractivity contribution in [3.8, 4) is 0 Å². The van der Waals surface area contributed by atoms with Gasteiger partial charge in [0.2, 0.25) is 0 Å². The Kier molecular flexibility index (Phi) is 5.15. The number of hydrogen-bond acceptors (Lipinski definition) is 3. The van der Waals surface area contributed by atoms with Crippen LogP contribution in [0, 0.1) is 11.6 Å². The molecule has 0 spiro atoms. The topological polar surface area (TPSA) is 41.3 Å². The maximum atomic E-state index is 13.4. The summed E-state index contributed by atoms with van der Waals surface area (Å²) in [5, 5.41) is 2.84. The molecule has 1 aromatic rings. The molecule has 1 aromatic carbocycles. The number of nitrogens with one attached hydrogen (secondary N) is 1. The summed E-state index contributed by atoms with van der Waals surface area (Å²) in [7, 11) is 4.00. The first-order valence-electron chi connectivity index (χ1n) is 5.64. The highest BCUT2D eigenvalue weighted by Gasteiger charge is 2.10. The van der Waals surface area contributed by atoms with Gasteiger partial charge in [-0.15, -0.1) is 0 Å². The molecule has 0 aliphatic heterocycles. The van der Waals surface area contributed by atoms with Crippen LogP contribution in [-0.4, -0.2) is 32.1 Å². The van der Waals surface area contributed by atoms with Crippen LogP contribution in [0.4, 0.5) is 20.2 Å². The van der Waals surface area contributed by atoms with Gasteiger partial charge < -0.3 is 16.0 Å². The normalized spacial score (nSPS) is 10.9. The summed E-state index contributed by atoms with van der Waals surface area (Å²) < 4.78 is 26.3. The second kappa shape index (κ2) is 6.39. The number of rotatable bonds is 6. The Bertz CT molecular complexity index is 367. The molecule has 0 amide bonds. The molecule has 0 bridgehead atoms. The lowest BCUT2D eigenvalue weighted by molar-refractivity contribution is 0.396.